The fourth-order valence-electron chi connectivity index (χ4n) is 1.39. The maximum absolute atomic E-state index is 10.2. The van der Waals surface area contributed by atoms with E-state index < -0.39 is 5.60 Å². The number of ether oxygens (including phenoxy) is 2. The number of methoxy groups -OCH3 is 1. The number of aliphatic hydroxyl groups excluding tert-OH is 1. The van der Waals surface area contributed by atoms with Crippen LogP contribution < -0.4 is 9.47 Å². The first-order valence-electron chi connectivity index (χ1n) is 6.14. The molecule has 4 nitrogen and oxygen atoms in total. The number of halogens is 1. The second-order valence-electron chi connectivity index (χ2n) is 5.07. The third-order valence-electron chi connectivity index (χ3n) is 3.22. The van der Waals surface area contributed by atoms with Gasteiger partial charge in [0.15, 0.2) is 11.5 Å². The average molecular weight is 289 g/mol. The molecule has 1 atom stereocenters. The fraction of sp³-hybridized carbons (Fsp3) is 0.571. The van der Waals surface area contributed by atoms with E-state index in [1.807, 2.05) is 13.8 Å². The van der Waals surface area contributed by atoms with E-state index in [0.717, 1.165) is 0 Å². The van der Waals surface area contributed by atoms with Crippen LogP contribution in [0.25, 0.3) is 0 Å². The molecular formula is C14H21ClO4. The smallest absolute Gasteiger partial charge is 0.179 e. The lowest BCUT2D eigenvalue weighted by Crippen LogP contribution is -2.37. The van der Waals surface area contributed by atoms with Crippen LogP contribution in [0.15, 0.2) is 12.1 Å². The average Bonchev–Trinajstić information content (AvgIpc) is 2.36. The molecular weight excluding hydrogens is 268 g/mol. The van der Waals surface area contributed by atoms with Gasteiger partial charge >= 0.3 is 0 Å². The van der Waals surface area contributed by atoms with Crippen LogP contribution >= 0.6 is 11.6 Å². The summed E-state index contributed by atoms with van der Waals surface area (Å²) in [4.78, 5) is 0. The molecule has 0 saturated carbocycles. The van der Waals surface area contributed by atoms with Crippen LogP contribution in [0.4, 0.5) is 0 Å². The molecule has 2 N–H and O–H groups in total. The van der Waals surface area contributed by atoms with Gasteiger partial charge in [-0.1, -0.05) is 25.4 Å². The van der Waals surface area contributed by atoms with E-state index in [-0.39, 0.29) is 19.1 Å². The Morgan fingerprint density at radius 1 is 1.37 bits per heavy atom. The molecule has 1 aromatic carbocycles. The summed E-state index contributed by atoms with van der Waals surface area (Å²) in [7, 11) is 1.50. The number of hydrogen-bond donors (Lipinski definition) is 2. The highest BCUT2D eigenvalue weighted by Gasteiger charge is 2.27. The van der Waals surface area contributed by atoms with Gasteiger partial charge in [-0.05, 0) is 30.5 Å². The first-order chi connectivity index (χ1) is 8.81. The van der Waals surface area contributed by atoms with Gasteiger partial charge in [-0.25, -0.2) is 0 Å². The molecule has 0 amide bonds. The molecule has 5 heteroatoms. The minimum Gasteiger partial charge on any atom is -0.493 e. The number of aliphatic hydroxyl groups is 2. The largest absolute Gasteiger partial charge is 0.493 e. The monoisotopic (exact) mass is 288 g/mol. The van der Waals surface area contributed by atoms with Crippen LogP contribution in [0, 0.1) is 5.92 Å². The third kappa shape index (κ3) is 4.00. The van der Waals surface area contributed by atoms with Gasteiger partial charge in [-0.15, -0.1) is 0 Å². The molecule has 0 aliphatic heterocycles. The van der Waals surface area contributed by atoms with Crippen LogP contribution in [-0.4, -0.2) is 29.5 Å². The molecule has 1 rings (SSSR count). The van der Waals surface area contributed by atoms with E-state index in [2.05, 4.69) is 0 Å². The standard InChI is InChI=1S/C14H21ClO4/c1-9(2)14(3,17)8-19-13-11(15)5-10(7-16)6-12(13)18-4/h5-6,9,16-17H,7-8H2,1-4H3. The Kier molecular flexibility index (Phi) is 5.47. The summed E-state index contributed by atoms with van der Waals surface area (Å²) < 4.78 is 10.8. The first kappa shape index (κ1) is 16.1. The summed E-state index contributed by atoms with van der Waals surface area (Å²) in [6, 6.07) is 3.27. The van der Waals surface area contributed by atoms with Crippen molar-refractivity contribution >= 4 is 11.6 Å². The molecule has 0 aliphatic carbocycles. The summed E-state index contributed by atoms with van der Waals surface area (Å²) in [6.45, 7) is 5.52. The zero-order chi connectivity index (χ0) is 14.6. The topological polar surface area (TPSA) is 58.9 Å². The Bertz CT molecular complexity index is 430. The second-order valence-corrected chi connectivity index (χ2v) is 5.47. The molecule has 0 aliphatic rings. The summed E-state index contributed by atoms with van der Waals surface area (Å²) >= 11 is 6.10. The van der Waals surface area contributed by atoms with Gasteiger partial charge in [0.2, 0.25) is 0 Å². The zero-order valence-corrected chi connectivity index (χ0v) is 12.5. The fourth-order valence-corrected chi connectivity index (χ4v) is 1.68. The van der Waals surface area contributed by atoms with Gasteiger partial charge in [0.1, 0.15) is 6.61 Å². The lowest BCUT2D eigenvalue weighted by atomic mass is 9.94. The Hall–Kier alpha value is -0.970. The summed E-state index contributed by atoms with van der Waals surface area (Å²) in [5.74, 6) is 0.868. The van der Waals surface area contributed by atoms with Gasteiger partial charge in [-0.3, -0.25) is 0 Å². The van der Waals surface area contributed by atoms with Crippen molar-refractivity contribution in [2.45, 2.75) is 33.0 Å². The third-order valence-corrected chi connectivity index (χ3v) is 3.51. The molecule has 1 aromatic rings. The van der Waals surface area contributed by atoms with Gasteiger partial charge in [0.05, 0.1) is 24.3 Å². The van der Waals surface area contributed by atoms with Crippen molar-refractivity contribution in [2.75, 3.05) is 13.7 Å². The lowest BCUT2D eigenvalue weighted by Gasteiger charge is -2.28. The quantitative estimate of drug-likeness (QED) is 0.845. The Balaban J connectivity index is 2.95. The number of hydrogen-bond acceptors (Lipinski definition) is 4. The first-order valence-corrected chi connectivity index (χ1v) is 6.52. The van der Waals surface area contributed by atoms with Crippen LogP contribution in [0.1, 0.15) is 26.3 Å². The predicted octanol–water partition coefficient (Wildman–Crippen LogP) is 2.63. The Labute approximate surface area is 118 Å². The molecule has 108 valence electrons. The minimum atomic E-state index is -0.954. The molecule has 0 spiro atoms. The van der Waals surface area contributed by atoms with Crippen LogP contribution in [0.5, 0.6) is 11.5 Å². The molecule has 0 heterocycles. The van der Waals surface area contributed by atoms with E-state index >= 15 is 0 Å². The van der Waals surface area contributed by atoms with E-state index in [1.54, 1.807) is 19.1 Å². The van der Waals surface area contributed by atoms with E-state index in [0.29, 0.717) is 22.1 Å². The van der Waals surface area contributed by atoms with Crippen molar-refractivity contribution in [1.82, 2.24) is 0 Å². The van der Waals surface area contributed by atoms with E-state index in [4.69, 9.17) is 26.2 Å². The molecule has 0 aromatic heterocycles. The van der Waals surface area contributed by atoms with Crippen molar-refractivity contribution < 1.29 is 19.7 Å². The van der Waals surface area contributed by atoms with E-state index in [1.165, 1.54) is 7.11 Å². The van der Waals surface area contributed by atoms with Gasteiger partial charge in [0, 0.05) is 0 Å². The molecule has 1 unspecified atom stereocenters. The highest BCUT2D eigenvalue weighted by Crippen LogP contribution is 2.37. The maximum atomic E-state index is 10.2. The maximum Gasteiger partial charge on any atom is 0.179 e. The van der Waals surface area contributed by atoms with Crippen molar-refractivity contribution in [3.8, 4) is 11.5 Å². The van der Waals surface area contributed by atoms with Crippen molar-refractivity contribution in [3.05, 3.63) is 22.7 Å². The van der Waals surface area contributed by atoms with E-state index in [9.17, 15) is 5.11 Å². The molecule has 0 saturated heterocycles. The summed E-state index contributed by atoms with van der Waals surface area (Å²) in [6.07, 6.45) is 0. The normalized spacial score (nSPS) is 14.3. The number of rotatable bonds is 6. The molecule has 0 radical (unpaired) electrons. The predicted molar refractivity (Wildman–Crippen MR) is 74.9 cm³/mol. The Morgan fingerprint density at radius 2 is 2.00 bits per heavy atom. The van der Waals surface area contributed by atoms with Gasteiger partial charge in [-0.2, -0.15) is 0 Å². The van der Waals surface area contributed by atoms with Crippen LogP contribution in [0.2, 0.25) is 5.02 Å². The van der Waals surface area contributed by atoms with Crippen LogP contribution in [0.3, 0.4) is 0 Å². The minimum absolute atomic E-state index is 0.0500. The molecule has 0 fully saturated rings. The molecule has 19 heavy (non-hydrogen) atoms. The second kappa shape index (κ2) is 6.46. The molecule has 0 bridgehead atoms. The lowest BCUT2D eigenvalue weighted by molar-refractivity contribution is -0.0271. The van der Waals surface area contributed by atoms with Crippen molar-refractivity contribution in [2.24, 2.45) is 5.92 Å². The van der Waals surface area contributed by atoms with Crippen molar-refractivity contribution in [1.29, 1.82) is 0 Å². The van der Waals surface area contributed by atoms with Crippen molar-refractivity contribution in [3.63, 3.8) is 0 Å². The highest BCUT2D eigenvalue weighted by atomic mass is 35.5. The van der Waals surface area contributed by atoms with Crippen LogP contribution in [-0.2, 0) is 6.61 Å². The number of benzene rings is 1. The summed E-state index contributed by atoms with van der Waals surface area (Å²) in [5, 5.41) is 19.6. The summed E-state index contributed by atoms with van der Waals surface area (Å²) in [5.41, 5.74) is -0.311. The Morgan fingerprint density at radius 3 is 2.47 bits per heavy atom. The highest BCUT2D eigenvalue weighted by molar-refractivity contribution is 6.32. The van der Waals surface area contributed by atoms with Gasteiger partial charge < -0.3 is 19.7 Å². The zero-order valence-electron chi connectivity index (χ0n) is 11.7. The van der Waals surface area contributed by atoms with Gasteiger partial charge in [0.25, 0.3) is 0 Å². The SMILES string of the molecule is COc1cc(CO)cc(Cl)c1OCC(C)(O)C(C)C.